The minimum atomic E-state index is -5.08. The van der Waals surface area contributed by atoms with Crippen LogP contribution in [0.3, 0.4) is 0 Å². The van der Waals surface area contributed by atoms with Crippen LogP contribution >= 0.6 is 0 Å². The number of guanidine groups is 1. The highest BCUT2D eigenvalue weighted by molar-refractivity contribution is 5.85. The number of rotatable bonds is 18. The summed E-state index contributed by atoms with van der Waals surface area (Å²) in [7, 11) is 0. The van der Waals surface area contributed by atoms with Gasteiger partial charge in [0, 0.05) is 13.5 Å². The number of nitrogens with one attached hydrogen (secondary N) is 4. The number of hydrogen-bond donors (Lipinski definition) is 9. The molecule has 0 fully saturated rings. The van der Waals surface area contributed by atoms with Gasteiger partial charge in [0.25, 0.3) is 0 Å². The maximum atomic E-state index is 12.5. The molecule has 2 unspecified atom stereocenters. The molecule has 10 N–H and O–H groups in total. The summed E-state index contributed by atoms with van der Waals surface area (Å²) in [6.07, 6.45) is 1.82. The Morgan fingerprint density at radius 1 is 1.02 bits per heavy atom. The third kappa shape index (κ3) is 17.9. The van der Waals surface area contributed by atoms with E-state index in [0.717, 1.165) is 31.8 Å². The van der Waals surface area contributed by atoms with Crippen molar-refractivity contribution in [1.82, 2.24) is 16.0 Å². The summed E-state index contributed by atoms with van der Waals surface area (Å²) in [6, 6.07) is -2.16. The molecule has 0 aromatic heterocycles. The fourth-order valence-electron chi connectivity index (χ4n) is 4.28. The van der Waals surface area contributed by atoms with Gasteiger partial charge in [0.15, 0.2) is 18.2 Å². The molecule has 18 heteroatoms. The molecule has 1 aliphatic heterocycles. The summed E-state index contributed by atoms with van der Waals surface area (Å²) in [5.74, 6) is -5.84. The number of alkyl halides is 3. The van der Waals surface area contributed by atoms with Crippen LogP contribution in [0.15, 0.2) is 11.8 Å². The minimum absolute atomic E-state index is 0.326. The van der Waals surface area contributed by atoms with Gasteiger partial charge in [-0.25, -0.2) is 14.4 Å². The van der Waals surface area contributed by atoms with Crippen LogP contribution < -0.4 is 21.7 Å². The van der Waals surface area contributed by atoms with E-state index < -0.39 is 78.8 Å². The summed E-state index contributed by atoms with van der Waals surface area (Å²) < 4.78 is 42.6. The van der Waals surface area contributed by atoms with E-state index in [1.54, 1.807) is 0 Å². The number of aliphatic hydroxyl groups is 2. The van der Waals surface area contributed by atoms with E-state index in [1.165, 1.54) is 45.4 Å². The van der Waals surface area contributed by atoms with Gasteiger partial charge in [0.2, 0.25) is 11.7 Å². The van der Waals surface area contributed by atoms with Crippen molar-refractivity contribution in [3.05, 3.63) is 11.8 Å². The lowest BCUT2D eigenvalue weighted by Gasteiger charge is -2.41. The third-order valence-corrected chi connectivity index (χ3v) is 6.41. The standard InChI is InChI=1S/C25H45N5O8.C2HF3O2/c1-3-4-5-6-7-8-9-10-11-12-13-28-25(36)38-21(18(33)15-31)22-20(29-16(2)32)17(30-24(26)27)14-19(37-22)23(34)35;3-2(4,5)1(6)7/h14,17-18,20-22,31,33H,3-13,15H2,1-2H3,(H,28,36)(H,29,32)(H,34,35)(H4,26,27,30);(H,6,7)/t17-,18?,20+,21?,22+;/m0./s1. The quantitative estimate of drug-likeness (QED) is 0.0580. The molecule has 260 valence electrons. The van der Waals surface area contributed by atoms with Gasteiger partial charge < -0.3 is 51.6 Å². The van der Waals surface area contributed by atoms with Gasteiger partial charge >= 0.3 is 24.2 Å². The summed E-state index contributed by atoms with van der Waals surface area (Å²) in [5.41, 5.74) is 5.41. The Kier molecular flexibility index (Phi) is 20.0. The number of carbonyl (C=O) groups is 4. The molecule has 45 heavy (non-hydrogen) atoms. The normalized spacial score (nSPS) is 18.9. The molecule has 0 aromatic rings. The first kappa shape index (κ1) is 41.2. The highest BCUT2D eigenvalue weighted by atomic mass is 19.4. The molecule has 5 atom stereocenters. The van der Waals surface area contributed by atoms with E-state index in [9.17, 15) is 42.9 Å². The molecule has 2 amide bonds. The highest BCUT2D eigenvalue weighted by Gasteiger charge is 2.46. The second-order valence-electron chi connectivity index (χ2n) is 10.3. The summed E-state index contributed by atoms with van der Waals surface area (Å²) in [6.45, 7) is 2.89. The lowest BCUT2D eigenvalue weighted by Crippen LogP contribution is -2.65. The number of hydrogen-bond acceptors (Lipinski definition) is 9. The van der Waals surface area contributed by atoms with E-state index in [-0.39, 0.29) is 0 Å². The molecular formula is C27H46F3N5O10. The van der Waals surface area contributed by atoms with E-state index in [4.69, 9.17) is 30.5 Å². The molecule has 1 aliphatic rings. The number of nitrogens with two attached hydrogens (primary N) is 1. The number of unbranched alkanes of at least 4 members (excludes halogenated alkanes) is 9. The zero-order valence-corrected chi connectivity index (χ0v) is 25.4. The van der Waals surface area contributed by atoms with Crippen LogP contribution in [0, 0.1) is 5.41 Å². The van der Waals surface area contributed by atoms with Gasteiger partial charge in [0.05, 0.1) is 18.7 Å². The molecule has 0 saturated carbocycles. The van der Waals surface area contributed by atoms with Crippen molar-refractivity contribution in [3.8, 4) is 0 Å². The number of aliphatic hydroxyl groups excluding tert-OH is 2. The van der Waals surface area contributed by atoms with Gasteiger partial charge in [-0.2, -0.15) is 13.2 Å². The van der Waals surface area contributed by atoms with Crippen molar-refractivity contribution >= 4 is 29.9 Å². The van der Waals surface area contributed by atoms with Gasteiger partial charge in [-0.1, -0.05) is 64.7 Å². The van der Waals surface area contributed by atoms with Crippen LogP contribution in [0.4, 0.5) is 18.0 Å². The molecule has 0 bridgehead atoms. The van der Waals surface area contributed by atoms with Crippen LogP contribution in [-0.4, -0.2) is 100 Å². The highest BCUT2D eigenvalue weighted by Crippen LogP contribution is 2.25. The smallest absolute Gasteiger partial charge is 0.477 e. The van der Waals surface area contributed by atoms with Crippen LogP contribution in [0.2, 0.25) is 0 Å². The Labute approximate surface area is 259 Å². The number of carboxylic acids is 2. The second-order valence-corrected chi connectivity index (χ2v) is 10.3. The third-order valence-electron chi connectivity index (χ3n) is 6.41. The number of alkyl carbamates (subject to hydrolysis) is 1. The van der Waals surface area contributed by atoms with Gasteiger partial charge in [0.1, 0.15) is 6.10 Å². The lowest BCUT2D eigenvalue weighted by atomic mass is 9.92. The fourth-order valence-corrected chi connectivity index (χ4v) is 4.28. The predicted molar refractivity (Wildman–Crippen MR) is 154 cm³/mol. The molecule has 0 aromatic carbocycles. The lowest BCUT2D eigenvalue weighted by molar-refractivity contribution is -0.192. The topological polar surface area (TPSA) is 254 Å². The average Bonchev–Trinajstić information content (AvgIpc) is 2.94. The zero-order chi connectivity index (χ0) is 34.6. The Hall–Kier alpha value is -3.80. The fraction of sp³-hybridized carbons (Fsp3) is 0.741. The number of halogens is 3. The van der Waals surface area contributed by atoms with E-state index in [0.29, 0.717) is 6.54 Å². The van der Waals surface area contributed by atoms with Crippen LogP contribution in [0.25, 0.3) is 0 Å². The molecule has 1 heterocycles. The Morgan fingerprint density at radius 2 is 1.53 bits per heavy atom. The van der Waals surface area contributed by atoms with Crippen molar-refractivity contribution < 1.29 is 62.2 Å². The average molecular weight is 658 g/mol. The Morgan fingerprint density at radius 3 is 1.96 bits per heavy atom. The predicted octanol–water partition coefficient (Wildman–Crippen LogP) is 1.71. The first-order valence-electron chi connectivity index (χ1n) is 14.6. The van der Waals surface area contributed by atoms with Gasteiger partial charge in [-0.05, 0) is 12.5 Å². The first-order valence-corrected chi connectivity index (χ1v) is 14.6. The summed E-state index contributed by atoms with van der Waals surface area (Å²) in [4.78, 5) is 44.9. The molecule has 15 nitrogen and oxygen atoms in total. The van der Waals surface area contributed by atoms with E-state index in [1.807, 2.05) is 0 Å². The largest absolute Gasteiger partial charge is 0.490 e. The van der Waals surface area contributed by atoms with Crippen molar-refractivity contribution in [2.24, 2.45) is 5.73 Å². The number of carbonyl (C=O) groups excluding carboxylic acids is 2. The van der Waals surface area contributed by atoms with Gasteiger partial charge in [-0.3, -0.25) is 10.2 Å². The number of ether oxygens (including phenoxy) is 2. The molecular weight excluding hydrogens is 611 g/mol. The maximum absolute atomic E-state index is 12.5. The molecule has 0 saturated heterocycles. The Balaban J connectivity index is 0.00000246. The van der Waals surface area contributed by atoms with Gasteiger partial charge in [-0.15, -0.1) is 0 Å². The monoisotopic (exact) mass is 657 g/mol. The number of aliphatic carboxylic acids is 2. The molecule has 1 rings (SSSR count). The van der Waals surface area contributed by atoms with Crippen molar-refractivity contribution in [1.29, 1.82) is 5.41 Å². The van der Waals surface area contributed by atoms with Crippen LogP contribution in [0.5, 0.6) is 0 Å². The van der Waals surface area contributed by atoms with Crippen molar-refractivity contribution in [3.63, 3.8) is 0 Å². The van der Waals surface area contributed by atoms with E-state index in [2.05, 4.69) is 22.9 Å². The first-order chi connectivity index (χ1) is 21.0. The molecule has 0 spiro atoms. The number of carboxylic acid groups (broad SMARTS) is 2. The molecule has 0 radical (unpaired) electrons. The number of amides is 2. The minimum Gasteiger partial charge on any atom is -0.477 e. The molecule has 0 aliphatic carbocycles. The van der Waals surface area contributed by atoms with Crippen molar-refractivity contribution in [2.45, 2.75) is 115 Å². The van der Waals surface area contributed by atoms with Crippen LogP contribution in [0.1, 0.15) is 78.1 Å². The van der Waals surface area contributed by atoms with Crippen LogP contribution in [-0.2, 0) is 23.9 Å². The van der Waals surface area contributed by atoms with Crippen molar-refractivity contribution in [2.75, 3.05) is 13.2 Å². The second kappa shape index (κ2) is 21.8. The van der Waals surface area contributed by atoms with E-state index >= 15 is 0 Å². The zero-order valence-electron chi connectivity index (χ0n) is 25.4. The SMILES string of the molecule is CCCCCCCCCCCCNC(=O)OC(C(O)CO)[C@@H]1OC(C(=O)O)=C[C@H](NC(=N)N)[C@H]1NC(C)=O.O=C(O)C(F)(F)F. The Bertz CT molecular complexity index is 983. The summed E-state index contributed by atoms with van der Waals surface area (Å²) >= 11 is 0. The summed E-state index contributed by atoms with van der Waals surface area (Å²) in [5, 5.41) is 51.8. The maximum Gasteiger partial charge on any atom is 0.490 e.